The number of carbonyl (C=O) groups is 1. The quantitative estimate of drug-likeness (QED) is 0.906. The maximum atomic E-state index is 12.4. The average Bonchev–Trinajstić information content (AvgIpc) is 2.76. The van der Waals surface area contributed by atoms with Gasteiger partial charge in [0.1, 0.15) is 6.04 Å². The van der Waals surface area contributed by atoms with E-state index in [4.69, 9.17) is 0 Å². The van der Waals surface area contributed by atoms with Crippen LogP contribution in [0.3, 0.4) is 0 Å². The van der Waals surface area contributed by atoms with Crippen molar-refractivity contribution in [2.24, 2.45) is 0 Å². The molecule has 1 aromatic heterocycles. The van der Waals surface area contributed by atoms with E-state index in [0.717, 1.165) is 23.4 Å². The fourth-order valence-corrected chi connectivity index (χ4v) is 1.29. The van der Waals surface area contributed by atoms with Crippen molar-refractivity contribution >= 4 is 5.91 Å². The molecular weight excluding hydrogens is 247 g/mol. The third-order valence-electron chi connectivity index (χ3n) is 2.68. The van der Waals surface area contributed by atoms with Crippen LogP contribution in [0.1, 0.15) is 38.9 Å². The smallest absolute Gasteiger partial charge is 0.352 e. The molecule has 0 fully saturated rings. The summed E-state index contributed by atoms with van der Waals surface area (Å²) >= 11 is 0. The van der Waals surface area contributed by atoms with Crippen LogP contribution in [0.25, 0.3) is 0 Å². The van der Waals surface area contributed by atoms with E-state index in [1.165, 1.54) is 6.92 Å². The third-order valence-corrected chi connectivity index (χ3v) is 2.68. The van der Waals surface area contributed by atoms with Crippen molar-refractivity contribution in [3.8, 4) is 0 Å². The number of nitrogens with zero attached hydrogens (tertiary/aromatic N) is 2. The minimum atomic E-state index is -4.49. The van der Waals surface area contributed by atoms with Crippen LogP contribution in [0.4, 0.5) is 13.2 Å². The summed E-state index contributed by atoms with van der Waals surface area (Å²) in [4.78, 5) is 11.7. The third kappa shape index (κ3) is 3.48. The van der Waals surface area contributed by atoms with Crippen LogP contribution in [-0.2, 0) is 11.0 Å². The van der Waals surface area contributed by atoms with Crippen molar-refractivity contribution in [3.63, 3.8) is 0 Å². The number of amides is 1. The number of rotatable bonds is 4. The molecule has 0 spiro atoms. The van der Waals surface area contributed by atoms with Crippen LogP contribution in [0.5, 0.6) is 0 Å². The largest absolute Gasteiger partial charge is 0.435 e. The van der Waals surface area contributed by atoms with Gasteiger partial charge >= 0.3 is 6.18 Å². The standard InChI is InChI=1S/C11H16F3N3O/c1-4-7(2)15-10(18)8(3)17-6-5-9(16-17)11(12,13)14/h5-8H,4H2,1-3H3,(H,15,18). The van der Waals surface area contributed by atoms with E-state index < -0.39 is 17.9 Å². The van der Waals surface area contributed by atoms with Crippen molar-refractivity contribution < 1.29 is 18.0 Å². The zero-order valence-corrected chi connectivity index (χ0v) is 10.5. The summed E-state index contributed by atoms with van der Waals surface area (Å²) in [5.41, 5.74) is -0.995. The minimum Gasteiger partial charge on any atom is -0.352 e. The second-order valence-electron chi connectivity index (χ2n) is 4.17. The average molecular weight is 263 g/mol. The molecule has 0 aliphatic heterocycles. The van der Waals surface area contributed by atoms with E-state index in [1.54, 1.807) is 0 Å². The molecule has 0 aliphatic rings. The summed E-state index contributed by atoms with van der Waals surface area (Å²) in [6.07, 6.45) is -2.58. The Morgan fingerprint density at radius 2 is 2.11 bits per heavy atom. The monoisotopic (exact) mass is 263 g/mol. The molecule has 18 heavy (non-hydrogen) atoms. The van der Waals surface area contributed by atoms with Gasteiger partial charge in [0.2, 0.25) is 5.91 Å². The highest BCUT2D eigenvalue weighted by Crippen LogP contribution is 2.27. The van der Waals surface area contributed by atoms with Crippen molar-refractivity contribution in [2.75, 3.05) is 0 Å². The summed E-state index contributed by atoms with van der Waals surface area (Å²) in [5.74, 6) is -0.346. The minimum absolute atomic E-state index is 0.0161. The molecule has 2 unspecified atom stereocenters. The second kappa shape index (κ2) is 5.41. The molecule has 7 heteroatoms. The van der Waals surface area contributed by atoms with Gasteiger partial charge in [0.15, 0.2) is 5.69 Å². The predicted molar refractivity (Wildman–Crippen MR) is 59.8 cm³/mol. The van der Waals surface area contributed by atoms with Crippen LogP contribution in [-0.4, -0.2) is 21.7 Å². The lowest BCUT2D eigenvalue weighted by molar-refractivity contribution is -0.142. The van der Waals surface area contributed by atoms with Crippen molar-refractivity contribution in [1.82, 2.24) is 15.1 Å². The maximum Gasteiger partial charge on any atom is 0.435 e. The van der Waals surface area contributed by atoms with Gasteiger partial charge in [-0.25, -0.2) is 0 Å². The van der Waals surface area contributed by atoms with Gasteiger partial charge in [-0.3, -0.25) is 9.48 Å². The van der Waals surface area contributed by atoms with Gasteiger partial charge in [0.05, 0.1) is 0 Å². The Labute approximate surface area is 103 Å². The molecule has 0 bridgehead atoms. The molecule has 2 atom stereocenters. The number of aromatic nitrogens is 2. The highest BCUT2D eigenvalue weighted by Gasteiger charge is 2.34. The first kappa shape index (κ1) is 14.5. The Kier molecular flexibility index (Phi) is 4.37. The number of hydrogen-bond donors (Lipinski definition) is 1. The van der Waals surface area contributed by atoms with Gasteiger partial charge in [-0.05, 0) is 26.3 Å². The molecule has 4 nitrogen and oxygen atoms in total. The Balaban J connectivity index is 2.75. The molecule has 1 rings (SSSR count). The molecule has 0 radical (unpaired) electrons. The first-order chi connectivity index (χ1) is 8.25. The number of carbonyl (C=O) groups excluding carboxylic acids is 1. The summed E-state index contributed by atoms with van der Waals surface area (Å²) in [6.45, 7) is 5.24. The molecule has 0 aromatic carbocycles. The number of hydrogen-bond acceptors (Lipinski definition) is 2. The molecule has 102 valence electrons. The number of nitrogens with one attached hydrogen (secondary N) is 1. The second-order valence-corrected chi connectivity index (χ2v) is 4.17. The van der Waals surface area contributed by atoms with Crippen LogP contribution < -0.4 is 5.32 Å². The first-order valence-corrected chi connectivity index (χ1v) is 5.68. The van der Waals surface area contributed by atoms with Gasteiger partial charge in [-0.2, -0.15) is 18.3 Å². The molecule has 0 saturated heterocycles. The molecule has 1 heterocycles. The molecule has 1 N–H and O–H groups in total. The van der Waals surface area contributed by atoms with Gasteiger partial charge < -0.3 is 5.32 Å². The lowest BCUT2D eigenvalue weighted by atomic mass is 10.2. The summed E-state index contributed by atoms with van der Waals surface area (Å²) < 4.78 is 38.1. The van der Waals surface area contributed by atoms with Crippen LogP contribution in [0.15, 0.2) is 12.3 Å². The van der Waals surface area contributed by atoms with Gasteiger partial charge in [0.25, 0.3) is 0 Å². The van der Waals surface area contributed by atoms with Crippen LogP contribution in [0.2, 0.25) is 0 Å². The number of alkyl halides is 3. The van der Waals surface area contributed by atoms with E-state index >= 15 is 0 Å². The van der Waals surface area contributed by atoms with E-state index in [0.29, 0.717) is 0 Å². The summed E-state index contributed by atoms with van der Waals surface area (Å²) in [7, 11) is 0. The Bertz CT molecular complexity index is 414. The lowest BCUT2D eigenvalue weighted by Gasteiger charge is -2.16. The normalized spacial score (nSPS) is 15.2. The molecular formula is C11H16F3N3O. The maximum absolute atomic E-state index is 12.4. The number of halogens is 3. The first-order valence-electron chi connectivity index (χ1n) is 5.68. The highest BCUT2D eigenvalue weighted by atomic mass is 19.4. The Hall–Kier alpha value is -1.53. The molecule has 0 aliphatic carbocycles. The van der Waals surface area contributed by atoms with E-state index in [2.05, 4.69) is 10.4 Å². The van der Waals surface area contributed by atoms with Crippen LogP contribution in [0, 0.1) is 0 Å². The highest BCUT2D eigenvalue weighted by molar-refractivity contribution is 5.80. The Morgan fingerprint density at radius 3 is 2.56 bits per heavy atom. The van der Waals surface area contributed by atoms with Gasteiger partial charge in [0, 0.05) is 12.2 Å². The Morgan fingerprint density at radius 1 is 1.50 bits per heavy atom. The van der Waals surface area contributed by atoms with E-state index in [-0.39, 0.29) is 11.9 Å². The van der Waals surface area contributed by atoms with Gasteiger partial charge in [-0.15, -0.1) is 0 Å². The van der Waals surface area contributed by atoms with Crippen molar-refractivity contribution in [2.45, 2.75) is 45.5 Å². The zero-order chi connectivity index (χ0) is 13.9. The molecule has 1 aromatic rings. The van der Waals surface area contributed by atoms with Crippen molar-refractivity contribution in [1.29, 1.82) is 0 Å². The zero-order valence-electron chi connectivity index (χ0n) is 10.5. The molecule has 1 amide bonds. The SMILES string of the molecule is CCC(C)NC(=O)C(C)n1ccc(C(F)(F)F)n1. The van der Waals surface area contributed by atoms with E-state index in [9.17, 15) is 18.0 Å². The fourth-order valence-electron chi connectivity index (χ4n) is 1.29. The van der Waals surface area contributed by atoms with Gasteiger partial charge in [-0.1, -0.05) is 6.92 Å². The van der Waals surface area contributed by atoms with Crippen molar-refractivity contribution in [3.05, 3.63) is 18.0 Å². The predicted octanol–water partition coefficient (Wildman–Crippen LogP) is 2.38. The lowest BCUT2D eigenvalue weighted by Crippen LogP contribution is -2.37. The topological polar surface area (TPSA) is 46.9 Å². The summed E-state index contributed by atoms with van der Waals surface area (Å²) in [6, 6.07) is 0.0697. The molecule has 0 saturated carbocycles. The van der Waals surface area contributed by atoms with E-state index in [1.807, 2.05) is 13.8 Å². The summed E-state index contributed by atoms with van der Waals surface area (Å²) in [5, 5.41) is 6.06. The fraction of sp³-hybridized carbons (Fsp3) is 0.636. The van der Waals surface area contributed by atoms with Crippen LogP contribution >= 0.6 is 0 Å².